The molecular weight excluding hydrogens is 1030 g/mol. The van der Waals surface area contributed by atoms with Crippen molar-refractivity contribution in [1.29, 1.82) is 0 Å². The monoisotopic (exact) mass is 1090 g/mol. The van der Waals surface area contributed by atoms with Crippen LogP contribution in [0.3, 0.4) is 0 Å². The molecule has 2 fully saturated rings. The van der Waals surface area contributed by atoms with E-state index in [9.17, 15) is 28.7 Å². The minimum Gasteiger partial charge on any atom is -0.482 e. The summed E-state index contributed by atoms with van der Waals surface area (Å²) in [6.45, 7) is 12.0. The number of anilines is 1. The lowest BCUT2D eigenvalue weighted by atomic mass is 9.85. The van der Waals surface area contributed by atoms with E-state index in [0.717, 1.165) is 45.7 Å². The molecule has 5 heterocycles. The van der Waals surface area contributed by atoms with Crippen molar-refractivity contribution < 1.29 is 47.6 Å². The number of carbonyl (C=O) groups is 4. The van der Waals surface area contributed by atoms with Crippen LogP contribution in [0, 0.1) is 18.2 Å². The Bertz CT molecular complexity index is 2750. The van der Waals surface area contributed by atoms with Crippen molar-refractivity contribution in [2.24, 2.45) is 5.41 Å². The maximum absolute atomic E-state index is 14.2. The summed E-state index contributed by atoms with van der Waals surface area (Å²) < 4.78 is 39.0. The first-order valence-corrected chi connectivity index (χ1v) is 26.7. The van der Waals surface area contributed by atoms with E-state index in [1.807, 2.05) is 67.7 Å². The maximum Gasteiger partial charge on any atom is 0.246 e. The van der Waals surface area contributed by atoms with E-state index in [0.29, 0.717) is 31.9 Å². The predicted molar refractivity (Wildman–Crippen MR) is 284 cm³/mol. The lowest BCUT2D eigenvalue weighted by Crippen LogP contribution is -2.57. The zero-order chi connectivity index (χ0) is 53.8. The first kappa shape index (κ1) is 57.0. The van der Waals surface area contributed by atoms with Gasteiger partial charge in [-0.15, -0.1) is 11.3 Å². The van der Waals surface area contributed by atoms with Crippen LogP contribution in [0.15, 0.2) is 66.6 Å². The van der Waals surface area contributed by atoms with Gasteiger partial charge in [0.25, 0.3) is 0 Å². The molecule has 2 aliphatic rings. The van der Waals surface area contributed by atoms with E-state index in [2.05, 4.69) is 25.7 Å². The van der Waals surface area contributed by atoms with Gasteiger partial charge in [-0.3, -0.25) is 23.9 Å². The van der Waals surface area contributed by atoms with Crippen LogP contribution in [0.2, 0.25) is 10.0 Å². The number of aryl methyl sites for hydroxylation is 1. The number of benzene rings is 2. The van der Waals surface area contributed by atoms with Gasteiger partial charge in [0.15, 0.2) is 11.6 Å². The zero-order valence-corrected chi connectivity index (χ0v) is 45.2. The predicted octanol–water partition coefficient (Wildman–Crippen LogP) is 7.35. The number of amides is 4. The van der Waals surface area contributed by atoms with Gasteiger partial charge in [-0.1, -0.05) is 68.2 Å². The van der Waals surface area contributed by atoms with Crippen LogP contribution in [0.1, 0.15) is 88.8 Å². The van der Waals surface area contributed by atoms with E-state index in [1.54, 1.807) is 42.2 Å². The summed E-state index contributed by atoms with van der Waals surface area (Å²) in [5, 5.41) is 21.1. The first-order chi connectivity index (χ1) is 35.9. The number of β-amino-alcohol motifs (C(OH)–C–C–N with tert-alkyl or cyclic N) is 1. The van der Waals surface area contributed by atoms with Crippen molar-refractivity contribution >= 4 is 64.0 Å². The Morgan fingerprint density at radius 3 is 2.27 bits per heavy atom. The zero-order valence-electron chi connectivity index (χ0n) is 42.9. The Kier molecular flexibility index (Phi) is 20.0. The van der Waals surface area contributed by atoms with Crippen molar-refractivity contribution in [3.8, 4) is 27.3 Å². The molecule has 0 bridgehead atoms. The molecule has 7 rings (SSSR count). The number of hydrogen-bond donors (Lipinski definition) is 4. The number of likely N-dealkylation sites (tertiary alicyclic amines) is 2. The smallest absolute Gasteiger partial charge is 0.246 e. The summed E-state index contributed by atoms with van der Waals surface area (Å²) >= 11 is 14.1. The van der Waals surface area contributed by atoms with Gasteiger partial charge in [0.2, 0.25) is 23.6 Å². The van der Waals surface area contributed by atoms with Crippen molar-refractivity contribution in [1.82, 2.24) is 40.2 Å². The molecule has 2 aliphatic heterocycles. The van der Waals surface area contributed by atoms with Crippen molar-refractivity contribution in [3.63, 3.8) is 0 Å². The van der Waals surface area contributed by atoms with E-state index in [4.69, 9.17) is 47.9 Å². The van der Waals surface area contributed by atoms with Crippen LogP contribution in [0.4, 0.5) is 10.2 Å². The molecule has 5 aromatic rings. The van der Waals surface area contributed by atoms with Crippen LogP contribution < -0.4 is 21.1 Å². The van der Waals surface area contributed by atoms with E-state index in [1.165, 1.54) is 17.0 Å². The number of nitrogens with zero attached hydrogens (tertiary/aromatic N) is 6. The normalized spacial score (nSPS) is 17.0. The number of aliphatic hydroxyl groups excluding tert-OH is 1. The number of ether oxygens (including phenoxy) is 4. The highest BCUT2D eigenvalue weighted by Gasteiger charge is 2.44. The second kappa shape index (κ2) is 26.3. The average Bonchev–Trinajstić information content (AvgIpc) is 4.16. The average molecular weight is 1100 g/mol. The molecule has 3 aromatic heterocycles. The molecule has 22 heteroatoms. The Morgan fingerprint density at radius 2 is 1.60 bits per heavy atom. The fraction of sp³-hybridized carbons (Fsp3) is 0.491. The van der Waals surface area contributed by atoms with E-state index < -0.39 is 41.4 Å². The Morgan fingerprint density at radius 1 is 0.920 bits per heavy atom. The summed E-state index contributed by atoms with van der Waals surface area (Å²) in [5.74, 6) is -1.35. The fourth-order valence-corrected chi connectivity index (χ4v) is 10.5. The number of halogens is 3. The second-order valence-electron chi connectivity index (χ2n) is 19.7. The number of rotatable bonds is 23. The molecule has 75 heavy (non-hydrogen) atoms. The third-order valence-corrected chi connectivity index (χ3v) is 14.9. The van der Waals surface area contributed by atoms with Gasteiger partial charge in [0.1, 0.15) is 24.0 Å². The van der Waals surface area contributed by atoms with E-state index >= 15 is 0 Å². The molecule has 18 nitrogen and oxygen atoms in total. The third kappa shape index (κ3) is 15.2. The fourth-order valence-electron chi connectivity index (χ4n) is 8.98. The summed E-state index contributed by atoms with van der Waals surface area (Å²) in [7, 11) is 0. The quantitative estimate of drug-likeness (QED) is 0.0371. The van der Waals surface area contributed by atoms with Gasteiger partial charge >= 0.3 is 0 Å². The minimum absolute atomic E-state index is 0.00162. The van der Waals surface area contributed by atoms with Crippen LogP contribution in [0.25, 0.3) is 21.6 Å². The van der Waals surface area contributed by atoms with Crippen molar-refractivity contribution in [3.05, 3.63) is 99.2 Å². The molecule has 2 unspecified atom stereocenters. The number of nitrogen functional groups attached to an aromatic ring is 1. The number of carbonyl (C=O) groups excluding carboxylic acids is 4. The molecule has 4 amide bonds. The largest absolute Gasteiger partial charge is 0.482 e. The van der Waals surface area contributed by atoms with Gasteiger partial charge in [-0.05, 0) is 61.4 Å². The summed E-state index contributed by atoms with van der Waals surface area (Å²) in [4.78, 5) is 66.4. The van der Waals surface area contributed by atoms with Crippen LogP contribution in [0.5, 0.6) is 5.75 Å². The number of aliphatic hydroxyl groups is 1. The third-order valence-electron chi connectivity index (χ3n) is 13.2. The molecule has 0 aliphatic carbocycles. The van der Waals surface area contributed by atoms with Gasteiger partial charge < -0.3 is 50.2 Å². The number of piperidine rings is 1. The Hall–Kier alpha value is -5.74. The van der Waals surface area contributed by atoms with Crippen LogP contribution in [-0.4, -0.2) is 136 Å². The highest BCUT2D eigenvalue weighted by atomic mass is 35.5. The van der Waals surface area contributed by atoms with Crippen LogP contribution >= 0.6 is 34.5 Å². The van der Waals surface area contributed by atoms with E-state index in [-0.39, 0.29) is 104 Å². The highest BCUT2D eigenvalue weighted by Crippen LogP contribution is 2.38. The lowest BCUT2D eigenvalue weighted by molar-refractivity contribution is -0.144. The molecule has 5 N–H and O–H groups in total. The Balaban J connectivity index is 0.740. The Labute approximate surface area is 450 Å². The van der Waals surface area contributed by atoms with Crippen LogP contribution in [-0.2, 0) is 39.9 Å². The minimum atomic E-state index is -0.949. The molecule has 0 radical (unpaired) electrons. The van der Waals surface area contributed by atoms with Gasteiger partial charge in [-0.25, -0.2) is 14.4 Å². The molecule has 2 aromatic carbocycles. The number of hydrogen-bond acceptors (Lipinski definition) is 14. The number of aromatic nitrogens is 4. The topological polar surface area (TPSA) is 226 Å². The number of nitrogens with two attached hydrogens (primary N) is 1. The molecule has 404 valence electrons. The van der Waals surface area contributed by atoms with Gasteiger partial charge in [0, 0.05) is 73.1 Å². The summed E-state index contributed by atoms with van der Waals surface area (Å²) in [5.41, 5.74) is 12.0. The standard InChI is InChI=1S/C53H66Cl2FN9O9S/c1-32-48(75-31-60-32)35-8-6-34(7-9-35)26-59-51(69)42-25-39(66)30-64(42)52(70)49(53(3,4)5)62-44(67)14-18-71-20-22-73-23-21-72-19-15-45(68)63-16-12-38(13-17-63)65-29-37(28-61-65)36-24-43(50(57)58-27-36)74-33(2)46-40(54)10-11-41(56)47(46)55/h6-11,24,27-29,31,33,38-39,42,49,66H,12-23,25-26,30H2,1-5H3,(H2,57,58)(H,59,69)(H,62,67)/t33?,39-,42+,49?/m1/s1. The van der Waals surface area contributed by atoms with Crippen molar-refractivity contribution in [2.75, 3.05) is 65.0 Å². The maximum atomic E-state index is 14.2. The SMILES string of the molecule is Cc1ncsc1-c1ccc(CNC(=O)[C@@H]2C[C@@H](O)CN2C(=O)C(NC(=O)CCOCCOCCOCCC(=O)N2CCC(n3cc(-c4cnc(N)c(OC(C)c5c(Cl)ccc(F)c5Cl)c4)cn3)CC2)C(C)(C)C)cc1. The highest BCUT2D eigenvalue weighted by molar-refractivity contribution is 7.13. The number of thiazole rings is 1. The second-order valence-corrected chi connectivity index (χ2v) is 21.4. The molecule has 2 saturated heterocycles. The lowest BCUT2D eigenvalue weighted by Gasteiger charge is -2.35. The molecule has 0 spiro atoms. The van der Waals surface area contributed by atoms with Gasteiger partial charge in [-0.2, -0.15) is 5.10 Å². The summed E-state index contributed by atoms with van der Waals surface area (Å²) in [6.07, 6.45) is 5.49. The van der Waals surface area contributed by atoms with Crippen molar-refractivity contribution in [2.45, 2.75) is 104 Å². The molecule has 0 saturated carbocycles. The number of pyridine rings is 1. The van der Waals surface area contributed by atoms with Gasteiger partial charge in [0.05, 0.1) is 85.5 Å². The molecule has 4 atom stereocenters. The molecular formula is C53H66Cl2FN9O9S. The first-order valence-electron chi connectivity index (χ1n) is 25.0. The summed E-state index contributed by atoms with van der Waals surface area (Å²) in [6, 6.07) is 10.5. The number of nitrogens with one attached hydrogen (secondary N) is 2.